The van der Waals surface area contributed by atoms with Gasteiger partial charge in [-0.3, -0.25) is 0 Å². The largest absolute Gasteiger partial charge is 0.496 e. The monoisotopic (exact) mass is 285 g/mol. The quantitative estimate of drug-likeness (QED) is 0.934. The topological polar surface area (TPSA) is 39.1 Å². The summed E-state index contributed by atoms with van der Waals surface area (Å²) in [6.07, 6.45) is 1.02. The number of rotatable bonds is 3. The van der Waals surface area contributed by atoms with E-state index in [2.05, 4.69) is 55.0 Å². The number of methoxy groups -OCH3 is 1. The highest BCUT2D eigenvalue weighted by molar-refractivity contribution is 5.46. The highest BCUT2D eigenvalue weighted by atomic mass is 16.5. The van der Waals surface area contributed by atoms with E-state index in [1.165, 1.54) is 11.1 Å². The van der Waals surface area contributed by atoms with Gasteiger partial charge in [0.25, 0.3) is 0 Å². The van der Waals surface area contributed by atoms with E-state index in [4.69, 9.17) is 9.84 Å². The van der Waals surface area contributed by atoms with Gasteiger partial charge < -0.3 is 10.1 Å². The molecule has 0 amide bonds. The highest BCUT2D eigenvalue weighted by Crippen LogP contribution is 2.36. The standard InChI is InChI=1S/C17H23N3O/c1-11(2)14-10-17-18-8-7-15(20(17)19-14)13-9-12(3)5-6-16(13)21-4/h5-6,9-11,15,18H,7-8H2,1-4H3. The van der Waals surface area contributed by atoms with E-state index in [0.29, 0.717) is 5.92 Å². The van der Waals surface area contributed by atoms with Crippen LogP contribution in [0.2, 0.25) is 0 Å². The van der Waals surface area contributed by atoms with Crippen molar-refractivity contribution in [2.24, 2.45) is 0 Å². The van der Waals surface area contributed by atoms with Crippen LogP contribution in [-0.2, 0) is 0 Å². The molecular weight excluding hydrogens is 262 g/mol. The molecule has 0 fully saturated rings. The predicted octanol–water partition coefficient (Wildman–Crippen LogP) is 3.73. The highest BCUT2D eigenvalue weighted by Gasteiger charge is 2.26. The van der Waals surface area contributed by atoms with Crippen LogP contribution in [0.25, 0.3) is 0 Å². The second kappa shape index (κ2) is 5.43. The van der Waals surface area contributed by atoms with Gasteiger partial charge >= 0.3 is 0 Å². The summed E-state index contributed by atoms with van der Waals surface area (Å²) in [7, 11) is 1.73. The molecule has 1 aliphatic heterocycles. The number of fused-ring (bicyclic) bond motifs is 1. The van der Waals surface area contributed by atoms with Crippen LogP contribution in [0.15, 0.2) is 24.3 Å². The number of ether oxygens (including phenoxy) is 1. The third kappa shape index (κ3) is 2.50. The van der Waals surface area contributed by atoms with Gasteiger partial charge in [0, 0.05) is 18.2 Å². The fourth-order valence-electron chi connectivity index (χ4n) is 2.93. The Labute approximate surface area is 126 Å². The summed E-state index contributed by atoms with van der Waals surface area (Å²) in [5, 5.41) is 8.26. The maximum atomic E-state index is 5.56. The molecule has 0 saturated heterocycles. The summed E-state index contributed by atoms with van der Waals surface area (Å²) >= 11 is 0. The third-order valence-corrected chi connectivity index (χ3v) is 4.11. The lowest BCUT2D eigenvalue weighted by Gasteiger charge is -2.27. The summed E-state index contributed by atoms with van der Waals surface area (Å²) in [5.41, 5.74) is 3.61. The molecule has 4 heteroatoms. The second-order valence-electron chi connectivity index (χ2n) is 6.03. The van der Waals surface area contributed by atoms with Crippen molar-refractivity contribution >= 4 is 5.82 Å². The van der Waals surface area contributed by atoms with E-state index in [9.17, 15) is 0 Å². The van der Waals surface area contributed by atoms with Gasteiger partial charge in [-0.1, -0.05) is 31.5 Å². The fourth-order valence-corrected chi connectivity index (χ4v) is 2.93. The zero-order valence-electron chi connectivity index (χ0n) is 13.2. The van der Waals surface area contributed by atoms with Crippen molar-refractivity contribution in [1.82, 2.24) is 9.78 Å². The molecule has 0 saturated carbocycles. The first-order chi connectivity index (χ1) is 10.1. The molecule has 1 atom stereocenters. The molecular formula is C17H23N3O. The molecule has 3 rings (SSSR count). The van der Waals surface area contributed by atoms with E-state index in [1.54, 1.807) is 7.11 Å². The Balaban J connectivity index is 2.07. The Bertz CT molecular complexity index is 645. The number of nitrogens with one attached hydrogen (secondary N) is 1. The van der Waals surface area contributed by atoms with Gasteiger partial charge in [0.1, 0.15) is 11.6 Å². The molecule has 1 N–H and O–H groups in total. The van der Waals surface area contributed by atoms with Crippen molar-refractivity contribution in [3.63, 3.8) is 0 Å². The van der Waals surface area contributed by atoms with Crippen LogP contribution in [-0.4, -0.2) is 23.4 Å². The Morgan fingerprint density at radius 3 is 2.86 bits per heavy atom. The second-order valence-corrected chi connectivity index (χ2v) is 6.03. The van der Waals surface area contributed by atoms with Crippen LogP contribution in [0.3, 0.4) is 0 Å². The van der Waals surface area contributed by atoms with Gasteiger partial charge in [0.05, 0.1) is 18.8 Å². The fraction of sp³-hybridized carbons (Fsp3) is 0.471. The van der Waals surface area contributed by atoms with Crippen molar-refractivity contribution in [1.29, 1.82) is 0 Å². The number of hydrogen-bond donors (Lipinski definition) is 1. The molecule has 112 valence electrons. The first kappa shape index (κ1) is 14.0. The van der Waals surface area contributed by atoms with Gasteiger partial charge in [-0.2, -0.15) is 5.10 Å². The molecule has 0 bridgehead atoms. The normalized spacial score (nSPS) is 17.5. The lowest BCUT2D eigenvalue weighted by Crippen LogP contribution is -2.24. The minimum Gasteiger partial charge on any atom is -0.496 e. The molecule has 4 nitrogen and oxygen atoms in total. The number of nitrogens with zero attached hydrogens (tertiary/aromatic N) is 2. The first-order valence-electron chi connectivity index (χ1n) is 7.58. The number of hydrogen-bond acceptors (Lipinski definition) is 3. The smallest absolute Gasteiger partial charge is 0.125 e. The number of aromatic nitrogens is 2. The van der Waals surface area contributed by atoms with Gasteiger partial charge in [0.15, 0.2) is 0 Å². The van der Waals surface area contributed by atoms with Gasteiger partial charge in [0.2, 0.25) is 0 Å². The molecule has 1 aliphatic rings. The van der Waals surface area contributed by atoms with E-state index >= 15 is 0 Å². The number of anilines is 1. The molecule has 21 heavy (non-hydrogen) atoms. The summed E-state index contributed by atoms with van der Waals surface area (Å²) in [6.45, 7) is 7.44. The van der Waals surface area contributed by atoms with Crippen LogP contribution >= 0.6 is 0 Å². The molecule has 2 heterocycles. The SMILES string of the molecule is COc1ccc(C)cc1C1CCNc2cc(C(C)C)nn21. The molecule has 0 radical (unpaired) electrons. The molecule has 1 aromatic carbocycles. The van der Waals surface area contributed by atoms with E-state index < -0.39 is 0 Å². The zero-order chi connectivity index (χ0) is 15.0. The van der Waals surface area contributed by atoms with Gasteiger partial charge in [-0.05, 0) is 25.3 Å². The van der Waals surface area contributed by atoms with Gasteiger partial charge in [-0.15, -0.1) is 0 Å². The van der Waals surface area contributed by atoms with Crippen LogP contribution in [0.4, 0.5) is 5.82 Å². The van der Waals surface area contributed by atoms with Crippen molar-refractivity contribution in [3.8, 4) is 5.75 Å². The maximum Gasteiger partial charge on any atom is 0.125 e. The Kier molecular flexibility index (Phi) is 3.62. The molecule has 0 spiro atoms. The Morgan fingerprint density at radius 2 is 2.14 bits per heavy atom. The maximum absolute atomic E-state index is 5.56. The van der Waals surface area contributed by atoms with Crippen LogP contribution in [0.5, 0.6) is 5.75 Å². The number of aryl methyl sites for hydroxylation is 1. The molecule has 1 unspecified atom stereocenters. The molecule has 2 aromatic rings. The van der Waals surface area contributed by atoms with Crippen molar-refractivity contribution < 1.29 is 4.74 Å². The predicted molar refractivity (Wildman–Crippen MR) is 85.3 cm³/mol. The lowest BCUT2D eigenvalue weighted by atomic mass is 9.99. The van der Waals surface area contributed by atoms with E-state index in [0.717, 1.165) is 30.2 Å². The van der Waals surface area contributed by atoms with Crippen molar-refractivity contribution in [2.45, 2.75) is 39.2 Å². The van der Waals surface area contributed by atoms with Crippen LogP contribution in [0, 0.1) is 6.92 Å². The minimum absolute atomic E-state index is 0.239. The Morgan fingerprint density at radius 1 is 1.33 bits per heavy atom. The first-order valence-corrected chi connectivity index (χ1v) is 7.58. The minimum atomic E-state index is 0.239. The average molecular weight is 285 g/mol. The average Bonchev–Trinajstić information content (AvgIpc) is 2.91. The van der Waals surface area contributed by atoms with Crippen molar-refractivity contribution in [3.05, 3.63) is 41.1 Å². The van der Waals surface area contributed by atoms with Crippen molar-refractivity contribution in [2.75, 3.05) is 19.0 Å². The van der Waals surface area contributed by atoms with E-state index in [-0.39, 0.29) is 6.04 Å². The number of benzene rings is 1. The summed E-state index contributed by atoms with van der Waals surface area (Å²) < 4.78 is 7.68. The summed E-state index contributed by atoms with van der Waals surface area (Å²) in [4.78, 5) is 0. The zero-order valence-corrected chi connectivity index (χ0v) is 13.2. The molecule has 1 aromatic heterocycles. The van der Waals surface area contributed by atoms with Crippen LogP contribution in [0.1, 0.15) is 49.0 Å². The lowest BCUT2D eigenvalue weighted by molar-refractivity contribution is 0.391. The summed E-state index contributed by atoms with van der Waals surface area (Å²) in [5.74, 6) is 2.49. The van der Waals surface area contributed by atoms with Gasteiger partial charge in [-0.25, -0.2) is 4.68 Å². The van der Waals surface area contributed by atoms with E-state index in [1.807, 2.05) is 0 Å². The summed E-state index contributed by atoms with van der Waals surface area (Å²) in [6, 6.07) is 8.77. The molecule has 0 aliphatic carbocycles. The van der Waals surface area contributed by atoms with Crippen LogP contribution < -0.4 is 10.1 Å². The third-order valence-electron chi connectivity index (χ3n) is 4.11. The Hall–Kier alpha value is -1.97.